The minimum atomic E-state index is -3.84. The van der Waals surface area contributed by atoms with Crippen LogP contribution < -0.4 is 5.32 Å². The molecule has 1 aliphatic rings. The van der Waals surface area contributed by atoms with Crippen LogP contribution in [-0.4, -0.2) is 31.2 Å². The van der Waals surface area contributed by atoms with E-state index < -0.39 is 10.0 Å². The van der Waals surface area contributed by atoms with Crippen LogP contribution in [0.2, 0.25) is 5.02 Å². The average Bonchev–Trinajstić information content (AvgIpc) is 2.70. The van der Waals surface area contributed by atoms with Gasteiger partial charge >= 0.3 is 0 Å². The number of sulfonamides is 1. The molecule has 3 rings (SSSR count). The molecule has 156 valence electrons. The van der Waals surface area contributed by atoms with Gasteiger partial charge in [0.2, 0.25) is 15.9 Å². The molecule has 29 heavy (non-hydrogen) atoms. The Morgan fingerprint density at radius 3 is 2.28 bits per heavy atom. The van der Waals surface area contributed by atoms with Crippen molar-refractivity contribution in [2.24, 2.45) is 0 Å². The van der Waals surface area contributed by atoms with Gasteiger partial charge in [0.15, 0.2) is 0 Å². The van der Waals surface area contributed by atoms with Crippen molar-refractivity contribution in [3.05, 3.63) is 63.6 Å². The highest BCUT2D eigenvalue weighted by atomic mass is 79.9. The molecule has 0 saturated heterocycles. The lowest BCUT2D eigenvalue weighted by molar-refractivity contribution is -0.122. The molecule has 2 aromatic carbocycles. The summed E-state index contributed by atoms with van der Waals surface area (Å²) in [5, 5.41) is 3.58. The van der Waals surface area contributed by atoms with E-state index in [0.29, 0.717) is 5.02 Å². The Balaban J connectivity index is 1.81. The number of nitrogens with zero attached hydrogens (tertiary/aromatic N) is 1. The summed E-state index contributed by atoms with van der Waals surface area (Å²) < 4.78 is 28.5. The number of hydrogen-bond donors (Lipinski definition) is 1. The van der Waals surface area contributed by atoms with Crippen LogP contribution in [0.1, 0.15) is 37.7 Å². The van der Waals surface area contributed by atoms with Crippen molar-refractivity contribution in [3.63, 3.8) is 0 Å². The second kappa shape index (κ2) is 10.1. The summed E-state index contributed by atoms with van der Waals surface area (Å²) in [6, 6.07) is 13.5. The van der Waals surface area contributed by atoms with Gasteiger partial charge in [-0.3, -0.25) is 4.79 Å². The van der Waals surface area contributed by atoms with Crippen molar-refractivity contribution in [1.82, 2.24) is 9.62 Å². The Bertz CT molecular complexity index is 927. The summed E-state index contributed by atoms with van der Waals surface area (Å²) in [6.45, 7) is -0.134. The molecule has 1 N–H and O–H groups in total. The highest BCUT2D eigenvalue weighted by Gasteiger charge is 2.28. The van der Waals surface area contributed by atoms with Crippen molar-refractivity contribution < 1.29 is 13.2 Å². The van der Waals surface area contributed by atoms with Gasteiger partial charge in [-0.05, 0) is 54.8 Å². The molecule has 0 unspecified atom stereocenters. The molecule has 0 atom stereocenters. The first-order valence-corrected chi connectivity index (χ1v) is 12.3. The van der Waals surface area contributed by atoms with Gasteiger partial charge in [0.05, 0.1) is 11.4 Å². The summed E-state index contributed by atoms with van der Waals surface area (Å²) in [4.78, 5) is 12.8. The quantitative estimate of drug-likeness (QED) is 0.598. The van der Waals surface area contributed by atoms with Gasteiger partial charge in [-0.2, -0.15) is 4.31 Å². The van der Waals surface area contributed by atoms with Crippen molar-refractivity contribution >= 4 is 43.5 Å². The largest absolute Gasteiger partial charge is 0.352 e. The molecule has 0 radical (unpaired) electrons. The average molecular weight is 500 g/mol. The van der Waals surface area contributed by atoms with Crippen LogP contribution in [0, 0.1) is 0 Å². The number of nitrogens with one attached hydrogen (secondary N) is 1. The molecule has 0 heterocycles. The summed E-state index contributed by atoms with van der Waals surface area (Å²) >= 11 is 9.26. The molecular weight excluding hydrogens is 476 g/mol. The topological polar surface area (TPSA) is 66.5 Å². The fourth-order valence-electron chi connectivity index (χ4n) is 3.46. The van der Waals surface area contributed by atoms with Crippen molar-refractivity contribution in [2.45, 2.75) is 49.6 Å². The minimum Gasteiger partial charge on any atom is -0.352 e. The van der Waals surface area contributed by atoms with E-state index in [-0.39, 0.29) is 29.9 Å². The summed E-state index contributed by atoms with van der Waals surface area (Å²) in [6.07, 6.45) is 5.27. The standard InChI is InChI=1S/C21H24BrClN2O3S/c22-17-8-12-20(13-9-17)29(27,28)25(14-16-6-10-18(23)11-7-16)15-21(26)24-19-4-2-1-3-5-19/h6-13,19H,1-5,14-15H2,(H,24,26). The molecule has 2 aromatic rings. The second-order valence-corrected chi connectivity index (χ2v) is 10.5. The highest BCUT2D eigenvalue weighted by molar-refractivity contribution is 9.10. The van der Waals surface area contributed by atoms with Gasteiger partial charge in [0.1, 0.15) is 0 Å². The predicted molar refractivity (Wildman–Crippen MR) is 118 cm³/mol. The number of rotatable bonds is 7. The summed E-state index contributed by atoms with van der Waals surface area (Å²) in [5.41, 5.74) is 0.764. The summed E-state index contributed by atoms with van der Waals surface area (Å²) in [7, 11) is -3.84. The molecule has 1 amide bonds. The SMILES string of the molecule is O=C(CN(Cc1ccc(Cl)cc1)S(=O)(=O)c1ccc(Br)cc1)NC1CCCCC1. The van der Waals surface area contributed by atoms with E-state index >= 15 is 0 Å². The zero-order valence-corrected chi connectivity index (χ0v) is 19.1. The van der Waals surface area contributed by atoms with Gasteiger partial charge in [-0.25, -0.2) is 8.42 Å². The Morgan fingerprint density at radius 1 is 1.03 bits per heavy atom. The lowest BCUT2D eigenvalue weighted by atomic mass is 9.95. The van der Waals surface area contributed by atoms with Crippen LogP contribution in [-0.2, 0) is 21.4 Å². The van der Waals surface area contributed by atoms with Crippen molar-refractivity contribution in [1.29, 1.82) is 0 Å². The molecule has 1 aliphatic carbocycles. The second-order valence-electron chi connectivity index (χ2n) is 7.26. The Morgan fingerprint density at radius 2 is 1.66 bits per heavy atom. The zero-order chi connectivity index (χ0) is 20.9. The van der Waals surface area contributed by atoms with E-state index in [2.05, 4.69) is 21.2 Å². The number of carbonyl (C=O) groups is 1. The van der Waals surface area contributed by atoms with Crippen LogP contribution in [0.15, 0.2) is 57.9 Å². The van der Waals surface area contributed by atoms with Gasteiger partial charge < -0.3 is 5.32 Å². The van der Waals surface area contributed by atoms with Crippen molar-refractivity contribution in [3.8, 4) is 0 Å². The molecule has 8 heteroatoms. The van der Waals surface area contributed by atoms with E-state index in [9.17, 15) is 13.2 Å². The van der Waals surface area contributed by atoms with Gasteiger partial charge in [0, 0.05) is 22.1 Å². The van der Waals surface area contributed by atoms with Crippen LogP contribution in [0.5, 0.6) is 0 Å². The third kappa shape index (κ3) is 6.28. The Kier molecular flexibility index (Phi) is 7.73. The fraction of sp³-hybridized carbons (Fsp3) is 0.381. The molecule has 0 aliphatic heterocycles. The van der Waals surface area contributed by atoms with E-state index in [1.807, 2.05) is 0 Å². The highest BCUT2D eigenvalue weighted by Crippen LogP contribution is 2.22. The maximum Gasteiger partial charge on any atom is 0.243 e. The third-order valence-electron chi connectivity index (χ3n) is 5.01. The zero-order valence-electron chi connectivity index (χ0n) is 16.0. The normalized spacial score (nSPS) is 15.4. The monoisotopic (exact) mass is 498 g/mol. The maximum absolute atomic E-state index is 13.2. The van der Waals surface area contributed by atoms with Gasteiger partial charge in [-0.1, -0.05) is 58.9 Å². The number of hydrogen-bond acceptors (Lipinski definition) is 3. The number of benzene rings is 2. The van der Waals surface area contributed by atoms with E-state index in [4.69, 9.17) is 11.6 Å². The van der Waals surface area contributed by atoms with Crippen molar-refractivity contribution in [2.75, 3.05) is 6.54 Å². The van der Waals surface area contributed by atoms with Crippen LogP contribution >= 0.6 is 27.5 Å². The third-order valence-corrected chi connectivity index (χ3v) is 7.60. The molecule has 0 aromatic heterocycles. The predicted octanol–water partition coefficient (Wildman–Crippen LogP) is 4.74. The first-order valence-electron chi connectivity index (χ1n) is 9.64. The minimum absolute atomic E-state index is 0.0909. The van der Waals surface area contributed by atoms with E-state index in [0.717, 1.165) is 35.7 Å². The van der Waals surface area contributed by atoms with Crippen LogP contribution in [0.4, 0.5) is 0 Å². The molecular formula is C21H24BrClN2O3S. The number of carbonyl (C=O) groups excluding carboxylic acids is 1. The lowest BCUT2D eigenvalue weighted by Gasteiger charge is -2.26. The first kappa shape index (κ1) is 22.3. The summed E-state index contributed by atoms with van der Waals surface area (Å²) in [5.74, 6) is -0.272. The number of halogens is 2. The Hall–Kier alpha value is -1.41. The molecule has 5 nitrogen and oxygen atoms in total. The molecule has 1 saturated carbocycles. The lowest BCUT2D eigenvalue weighted by Crippen LogP contribution is -2.44. The smallest absolute Gasteiger partial charge is 0.243 e. The fourth-order valence-corrected chi connectivity index (χ4v) is 5.23. The maximum atomic E-state index is 13.2. The van der Waals surface area contributed by atoms with E-state index in [1.54, 1.807) is 36.4 Å². The molecule has 1 fully saturated rings. The van der Waals surface area contributed by atoms with Crippen LogP contribution in [0.3, 0.4) is 0 Å². The van der Waals surface area contributed by atoms with Gasteiger partial charge in [-0.15, -0.1) is 0 Å². The number of amides is 1. The van der Waals surface area contributed by atoms with Gasteiger partial charge in [0.25, 0.3) is 0 Å². The van der Waals surface area contributed by atoms with Crippen LogP contribution in [0.25, 0.3) is 0 Å². The molecule has 0 spiro atoms. The Labute approximate surface area is 185 Å². The molecule has 0 bridgehead atoms. The van der Waals surface area contributed by atoms with E-state index in [1.165, 1.54) is 22.9 Å². The first-order chi connectivity index (χ1) is 13.8.